The highest BCUT2D eigenvalue weighted by Gasteiger charge is 2.16. The molecule has 2 atom stereocenters. The first kappa shape index (κ1) is 10.9. The fourth-order valence-corrected chi connectivity index (χ4v) is 1.37. The van der Waals surface area contributed by atoms with Crippen LogP contribution < -0.4 is 0 Å². The van der Waals surface area contributed by atoms with Gasteiger partial charge < -0.3 is 10.2 Å². The maximum Gasteiger partial charge on any atom is 0.0592 e. The zero-order chi connectivity index (χ0) is 8.85. The molecule has 2 nitrogen and oxygen atoms in total. The summed E-state index contributed by atoms with van der Waals surface area (Å²) in [6.45, 7) is 5.85. The standard InChI is InChI=1S/C9H20O2/c1-4-8(5-2)9(11)6-7(3)10/h7-11H,4-6H2,1-3H3. The molecule has 0 aromatic carbocycles. The van der Waals surface area contributed by atoms with E-state index in [-0.39, 0.29) is 12.2 Å². The molecule has 0 aliphatic rings. The molecule has 0 fully saturated rings. The summed E-state index contributed by atoms with van der Waals surface area (Å²) in [4.78, 5) is 0. The Labute approximate surface area is 69.2 Å². The van der Waals surface area contributed by atoms with Crippen LogP contribution in [0.1, 0.15) is 40.0 Å². The molecule has 2 heteroatoms. The van der Waals surface area contributed by atoms with Crippen molar-refractivity contribution in [3.63, 3.8) is 0 Å². The Bertz CT molecular complexity index is 87.6. The van der Waals surface area contributed by atoms with Gasteiger partial charge in [-0.05, 0) is 19.3 Å². The van der Waals surface area contributed by atoms with Crippen LogP contribution >= 0.6 is 0 Å². The van der Waals surface area contributed by atoms with Crippen LogP contribution in [-0.2, 0) is 0 Å². The lowest BCUT2D eigenvalue weighted by atomic mass is 9.93. The summed E-state index contributed by atoms with van der Waals surface area (Å²) in [5.74, 6) is 0.351. The van der Waals surface area contributed by atoms with Gasteiger partial charge in [0, 0.05) is 0 Å². The van der Waals surface area contributed by atoms with E-state index in [4.69, 9.17) is 5.11 Å². The van der Waals surface area contributed by atoms with Crippen LogP contribution in [0.5, 0.6) is 0 Å². The lowest BCUT2D eigenvalue weighted by Crippen LogP contribution is -2.23. The van der Waals surface area contributed by atoms with Gasteiger partial charge in [0.2, 0.25) is 0 Å². The second-order valence-corrected chi connectivity index (χ2v) is 3.23. The van der Waals surface area contributed by atoms with Crippen LogP contribution in [0.3, 0.4) is 0 Å². The van der Waals surface area contributed by atoms with E-state index in [0.717, 1.165) is 12.8 Å². The number of aliphatic hydroxyl groups excluding tert-OH is 2. The van der Waals surface area contributed by atoms with Crippen LogP contribution in [0.25, 0.3) is 0 Å². The van der Waals surface area contributed by atoms with Gasteiger partial charge in [0.05, 0.1) is 12.2 Å². The molecule has 2 N–H and O–H groups in total. The molecule has 0 aromatic rings. The van der Waals surface area contributed by atoms with E-state index in [9.17, 15) is 5.11 Å². The maximum absolute atomic E-state index is 9.52. The Kier molecular flexibility index (Phi) is 5.51. The van der Waals surface area contributed by atoms with Crippen molar-refractivity contribution in [2.45, 2.75) is 52.2 Å². The van der Waals surface area contributed by atoms with Gasteiger partial charge in [0.15, 0.2) is 0 Å². The highest BCUT2D eigenvalue weighted by molar-refractivity contribution is 4.68. The normalized spacial score (nSPS) is 16.9. The predicted molar refractivity (Wildman–Crippen MR) is 46.4 cm³/mol. The van der Waals surface area contributed by atoms with Gasteiger partial charge in [-0.15, -0.1) is 0 Å². The minimum absolute atomic E-state index is 0.329. The van der Waals surface area contributed by atoms with Gasteiger partial charge in [-0.25, -0.2) is 0 Å². The van der Waals surface area contributed by atoms with Gasteiger partial charge in [0.25, 0.3) is 0 Å². The molecule has 0 saturated heterocycles. The van der Waals surface area contributed by atoms with Crippen molar-refractivity contribution < 1.29 is 10.2 Å². The number of aliphatic hydroxyl groups is 2. The highest BCUT2D eigenvalue weighted by atomic mass is 16.3. The van der Waals surface area contributed by atoms with Crippen LogP contribution in [0, 0.1) is 5.92 Å². The summed E-state index contributed by atoms with van der Waals surface area (Å²) in [6.07, 6.45) is 1.77. The Hall–Kier alpha value is -0.0800. The van der Waals surface area contributed by atoms with E-state index in [1.54, 1.807) is 6.92 Å². The average molecular weight is 160 g/mol. The molecule has 0 heterocycles. The van der Waals surface area contributed by atoms with E-state index in [1.165, 1.54) is 0 Å². The minimum Gasteiger partial charge on any atom is -0.393 e. The fourth-order valence-electron chi connectivity index (χ4n) is 1.37. The number of rotatable bonds is 5. The van der Waals surface area contributed by atoms with Crippen LogP contribution in [-0.4, -0.2) is 22.4 Å². The molecular weight excluding hydrogens is 140 g/mol. The molecule has 68 valence electrons. The Balaban J connectivity index is 3.68. The minimum atomic E-state index is -0.384. The molecule has 11 heavy (non-hydrogen) atoms. The van der Waals surface area contributed by atoms with Crippen molar-refractivity contribution in [2.24, 2.45) is 5.92 Å². The molecule has 0 bridgehead atoms. The summed E-state index contributed by atoms with van der Waals surface area (Å²) >= 11 is 0. The van der Waals surface area contributed by atoms with Gasteiger partial charge in [-0.1, -0.05) is 26.7 Å². The van der Waals surface area contributed by atoms with E-state index in [0.29, 0.717) is 12.3 Å². The maximum atomic E-state index is 9.52. The van der Waals surface area contributed by atoms with Crippen molar-refractivity contribution in [1.82, 2.24) is 0 Å². The quantitative estimate of drug-likeness (QED) is 0.640. The zero-order valence-corrected chi connectivity index (χ0v) is 7.75. The first-order valence-electron chi connectivity index (χ1n) is 4.47. The van der Waals surface area contributed by atoms with Crippen molar-refractivity contribution in [1.29, 1.82) is 0 Å². The third-order valence-corrected chi connectivity index (χ3v) is 2.18. The largest absolute Gasteiger partial charge is 0.393 e. The van der Waals surface area contributed by atoms with E-state index in [2.05, 4.69) is 13.8 Å². The molecule has 0 rings (SSSR count). The Morgan fingerprint density at radius 3 is 1.82 bits per heavy atom. The second-order valence-electron chi connectivity index (χ2n) is 3.23. The highest BCUT2D eigenvalue weighted by Crippen LogP contribution is 2.16. The van der Waals surface area contributed by atoms with Crippen molar-refractivity contribution in [3.05, 3.63) is 0 Å². The lowest BCUT2D eigenvalue weighted by Gasteiger charge is -2.20. The van der Waals surface area contributed by atoms with Crippen LogP contribution in [0.2, 0.25) is 0 Å². The summed E-state index contributed by atoms with van der Waals surface area (Å²) in [6, 6.07) is 0. The predicted octanol–water partition coefficient (Wildman–Crippen LogP) is 1.55. The van der Waals surface area contributed by atoms with Gasteiger partial charge in [-0.2, -0.15) is 0 Å². The topological polar surface area (TPSA) is 40.5 Å². The van der Waals surface area contributed by atoms with E-state index < -0.39 is 0 Å². The third kappa shape index (κ3) is 4.38. The molecule has 0 amide bonds. The smallest absolute Gasteiger partial charge is 0.0592 e. The first-order valence-corrected chi connectivity index (χ1v) is 4.47. The molecule has 0 aromatic heterocycles. The lowest BCUT2D eigenvalue weighted by molar-refractivity contribution is 0.0475. The van der Waals surface area contributed by atoms with Crippen molar-refractivity contribution in [2.75, 3.05) is 0 Å². The van der Waals surface area contributed by atoms with Gasteiger partial charge >= 0.3 is 0 Å². The van der Waals surface area contributed by atoms with Crippen molar-refractivity contribution >= 4 is 0 Å². The number of hydrogen-bond acceptors (Lipinski definition) is 2. The summed E-state index contributed by atoms with van der Waals surface area (Å²) in [5.41, 5.74) is 0. The molecule has 0 aliphatic heterocycles. The SMILES string of the molecule is CCC(CC)C(O)CC(C)O. The first-order chi connectivity index (χ1) is 5.11. The fraction of sp³-hybridized carbons (Fsp3) is 1.00. The zero-order valence-electron chi connectivity index (χ0n) is 7.75. The van der Waals surface area contributed by atoms with E-state index in [1.807, 2.05) is 0 Å². The van der Waals surface area contributed by atoms with Crippen LogP contribution in [0.15, 0.2) is 0 Å². The van der Waals surface area contributed by atoms with Crippen LogP contribution in [0.4, 0.5) is 0 Å². The molecule has 0 saturated carbocycles. The van der Waals surface area contributed by atoms with E-state index >= 15 is 0 Å². The molecule has 0 spiro atoms. The summed E-state index contributed by atoms with van der Waals surface area (Å²) in [5, 5.41) is 18.5. The van der Waals surface area contributed by atoms with Gasteiger partial charge in [0.1, 0.15) is 0 Å². The summed E-state index contributed by atoms with van der Waals surface area (Å²) < 4.78 is 0. The molecule has 0 radical (unpaired) electrons. The monoisotopic (exact) mass is 160 g/mol. The Morgan fingerprint density at radius 1 is 1.09 bits per heavy atom. The molecule has 0 aliphatic carbocycles. The third-order valence-electron chi connectivity index (χ3n) is 2.18. The van der Waals surface area contributed by atoms with Gasteiger partial charge in [-0.3, -0.25) is 0 Å². The van der Waals surface area contributed by atoms with Crippen molar-refractivity contribution in [3.8, 4) is 0 Å². The molecule has 2 unspecified atom stereocenters. The molecular formula is C9H20O2. The Morgan fingerprint density at radius 2 is 1.55 bits per heavy atom. The average Bonchev–Trinajstić information content (AvgIpc) is 1.88. The number of hydrogen-bond donors (Lipinski definition) is 2. The second kappa shape index (κ2) is 5.56. The summed E-state index contributed by atoms with van der Waals surface area (Å²) in [7, 11) is 0.